The van der Waals surface area contributed by atoms with Gasteiger partial charge < -0.3 is 9.84 Å². The molecule has 2 atom stereocenters. The minimum absolute atomic E-state index is 0.192. The lowest BCUT2D eigenvalue weighted by Crippen LogP contribution is -2.62. The van der Waals surface area contributed by atoms with Crippen LogP contribution in [0, 0.1) is 0 Å². The summed E-state index contributed by atoms with van der Waals surface area (Å²) in [6, 6.07) is 0. The summed E-state index contributed by atoms with van der Waals surface area (Å²) in [6.45, 7) is 2.34. The Morgan fingerprint density at radius 3 is 1.91 bits per heavy atom. The molecular formula is C12H14F8O3. The first-order valence-corrected chi connectivity index (χ1v) is 5.99. The lowest BCUT2D eigenvalue weighted by Gasteiger charge is -2.37. The Bertz CT molecular complexity index is 456. The first kappa shape index (κ1) is 21.6. The molecule has 11 heteroatoms. The molecule has 0 radical (unpaired) electrons. The molecule has 0 saturated heterocycles. The van der Waals surface area contributed by atoms with Crippen molar-refractivity contribution in [1.29, 1.82) is 0 Å². The number of halogens is 8. The fourth-order valence-corrected chi connectivity index (χ4v) is 1.30. The van der Waals surface area contributed by atoms with E-state index < -0.39 is 55.7 Å². The molecule has 0 aliphatic carbocycles. The van der Waals surface area contributed by atoms with Crippen LogP contribution >= 0.6 is 0 Å². The van der Waals surface area contributed by atoms with Crippen LogP contribution in [0.15, 0.2) is 12.2 Å². The van der Waals surface area contributed by atoms with Crippen LogP contribution in [-0.2, 0) is 9.53 Å². The lowest BCUT2D eigenvalue weighted by molar-refractivity contribution is -0.351. The minimum atomic E-state index is -6.27. The maximum absolute atomic E-state index is 13.4. The summed E-state index contributed by atoms with van der Waals surface area (Å²) in [5, 5.41) is 9.12. The normalized spacial score (nSPS) is 17.3. The molecule has 2 unspecified atom stereocenters. The Balaban J connectivity index is 5.11. The molecule has 0 aromatic carbocycles. The van der Waals surface area contributed by atoms with E-state index in [0.717, 1.165) is 6.92 Å². The smallest absolute Gasteiger partial charge is 0.428 e. The molecule has 0 heterocycles. The molecule has 0 aromatic rings. The molecular weight excluding hydrogens is 344 g/mol. The van der Waals surface area contributed by atoms with Gasteiger partial charge in [-0.3, -0.25) is 0 Å². The van der Waals surface area contributed by atoms with Gasteiger partial charge in [0.05, 0.1) is 6.10 Å². The van der Waals surface area contributed by atoms with E-state index in [1.807, 2.05) is 0 Å². The Kier molecular flexibility index (Phi) is 6.22. The predicted octanol–water partition coefficient (Wildman–Crippen LogP) is 3.42. The van der Waals surface area contributed by atoms with Gasteiger partial charge in [0.2, 0.25) is 0 Å². The SMILES string of the molecule is C=C(C)C(=O)OCC(O)CC(F)(F)C(F)(F)C(C)(F)C(F)(F)F. The summed E-state index contributed by atoms with van der Waals surface area (Å²) in [4.78, 5) is 10.9. The molecule has 0 bridgehead atoms. The van der Waals surface area contributed by atoms with Gasteiger partial charge in [0.25, 0.3) is 5.67 Å². The third-order valence-corrected chi connectivity index (χ3v) is 2.83. The van der Waals surface area contributed by atoms with Gasteiger partial charge in [-0.1, -0.05) is 6.58 Å². The number of rotatable bonds is 7. The second-order valence-corrected chi connectivity index (χ2v) is 5.02. The number of aliphatic hydroxyl groups is 1. The van der Waals surface area contributed by atoms with Crippen molar-refractivity contribution >= 4 is 5.97 Å². The van der Waals surface area contributed by atoms with E-state index in [-0.39, 0.29) is 5.57 Å². The summed E-state index contributed by atoms with van der Waals surface area (Å²) in [6.07, 6.45) is -11.0. The van der Waals surface area contributed by atoms with Crippen LogP contribution < -0.4 is 0 Å². The van der Waals surface area contributed by atoms with Crippen LogP contribution in [0.2, 0.25) is 0 Å². The average molecular weight is 358 g/mol. The summed E-state index contributed by atoms with van der Waals surface area (Å²) in [5.74, 6) is -12.8. The van der Waals surface area contributed by atoms with Crippen molar-refractivity contribution in [3.8, 4) is 0 Å². The van der Waals surface area contributed by atoms with Crippen molar-refractivity contribution in [2.24, 2.45) is 0 Å². The van der Waals surface area contributed by atoms with Crippen LogP contribution in [0.4, 0.5) is 35.1 Å². The number of esters is 1. The van der Waals surface area contributed by atoms with E-state index in [4.69, 9.17) is 5.11 Å². The van der Waals surface area contributed by atoms with Crippen molar-refractivity contribution in [1.82, 2.24) is 0 Å². The standard InChI is InChI=1S/C12H14F8O3/c1-6(2)8(22)23-5-7(21)4-10(14,15)11(16,17)9(3,13)12(18,19)20/h7,21H,1,4-5H2,2-3H3. The Morgan fingerprint density at radius 2 is 1.57 bits per heavy atom. The van der Waals surface area contributed by atoms with Gasteiger partial charge in [-0.05, 0) is 13.8 Å². The van der Waals surface area contributed by atoms with Gasteiger partial charge in [-0.15, -0.1) is 0 Å². The van der Waals surface area contributed by atoms with Crippen LogP contribution in [0.25, 0.3) is 0 Å². The first-order valence-electron chi connectivity index (χ1n) is 5.99. The third-order valence-electron chi connectivity index (χ3n) is 2.83. The van der Waals surface area contributed by atoms with Crippen LogP contribution in [0.1, 0.15) is 20.3 Å². The molecule has 0 amide bonds. The summed E-state index contributed by atoms with van der Waals surface area (Å²) >= 11 is 0. The fraction of sp³-hybridized carbons (Fsp3) is 0.750. The topological polar surface area (TPSA) is 46.5 Å². The predicted molar refractivity (Wildman–Crippen MR) is 61.9 cm³/mol. The molecule has 136 valence electrons. The molecule has 0 aliphatic rings. The molecule has 23 heavy (non-hydrogen) atoms. The van der Waals surface area contributed by atoms with E-state index >= 15 is 0 Å². The third kappa shape index (κ3) is 4.55. The zero-order valence-electron chi connectivity index (χ0n) is 12.0. The molecule has 0 saturated carbocycles. The number of alkyl halides is 8. The Hall–Kier alpha value is -1.39. The van der Waals surface area contributed by atoms with E-state index in [9.17, 15) is 39.9 Å². The monoisotopic (exact) mass is 358 g/mol. The molecule has 0 aliphatic heterocycles. The number of carbonyl (C=O) groups is 1. The van der Waals surface area contributed by atoms with E-state index in [1.165, 1.54) is 0 Å². The van der Waals surface area contributed by atoms with Crippen LogP contribution in [0.5, 0.6) is 0 Å². The molecule has 3 nitrogen and oxygen atoms in total. The van der Waals surface area contributed by atoms with Crippen LogP contribution in [-0.4, -0.2) is 47.5 Å². The van der Waals surface area contributed by atoms with E-state index in [1.54, 1.807) is 0 Å². The highest BCUT2D eigenvalue weighted by Crippen LogP contribution is 2.53. The van der Waals surface area contributed by atoms with Gasteiger partial charge in [-0.25, -0.2) is 9.18 Å². The number of aliphatic hydroxyl groups excluding tert-OH is 1. The van der Waals surface area contributed by atoms with Crippen LogP contribution in [0.3, 0.4) is 0 Å². The quantitative estimate of drug-likeness (QED) is 0.431. The van der Waals surface area contributed by atoms with E-state index in [2.05, 4.69) is 11.3 Å². The van der Waals surface area contributed by atoms with Gasteiger partial charge in [0.15, 0.2) is 0 Å². The lowest BCUT2D eigenvalue weighted by atomic mass is 9.90. The second-order valence-electron chi connectivity index (χ2n) is 5.02. The average Bonchev–Trinajstić information content (AvgIpc) is 2.33. The van der Waals surface area contributed by atoms with Gasteiger partial charge in [0.1, 0.15) is 6.61 Å². The van der Waals surface area contributed by atoms with Crippen molar-refractivity contribution in [3.05, 3.63) is 12.2 Å². The maximum Gasteiger partial charge on any atom is 0.428 e. The Labute approximate surface area is 125 Å². The summed E-state index contributed by atoms with van der Waals surface area (Å²) in [7, 11) is 0. The minimum Gasteiger partial charge on any atom is -0.460 e. The number of hydrogen-bond acceptors (Lipinski definition) is 3. The zero-order valence-corrected chi connectivity index (χ0v) is 12.0. The fourth-order valence-electron chi connectivity index (χ4n) is 1.30. The number of carbonyl (C=O) groups excluding carboxylic acids is 1. The van der Waals surface area contributed by atoms with Gasteiger partial charge in [0, 0.05) is 12.0 Å². The highest BCUT2D eigenvalue weighted by atomic mass is 19.4. The number of hydrogen-bond donors (Lipinski definition) is 1. The summed E-state index contributed by atoms with van der Waals surface area (Å²) in [5.41, 5.74) is -5.72. The highest BCUT2D eigenvalue weighted by Gasteiger charge is 2.77. The maximum atomic E-state index is 13.4. The largest absolute Gasteiger partial charge is 0.460 e. The zero-order chi connectivity index (χ0) is 18.9. The van der Waals surface area contributed by atoms with Crippen molar-refractivity contribution < 1.29 is 49.8 Å². The van der Waals surface area contributed by atoms with Gasteiger partial charge >= 0.3 is 24.0 Å². The molecule has 1 N–H and O–H groups in total. The van der Waals surface area contributed by atoms with Crippen molar-refractivity contribution in [3.63, 3.8) is 0 Å². The highest BCUT2D eigenvalue weighted by molar-refractivity contribution is 5.86. The molecule has 0 rings (SSSR count). The first-order chi connectivity index (χ1) is 9.97. The van der Waals surface area contributed by atoms with Crippen molar-refractivity contribution in [2.45, 2.75) is 50.1 Å². The molecule has 0 fully saturated rings. The number of ether oxygens (including phenoxy) is 1. The van der Waals surface area contributed by atoms with Gasteiger partial charge in [-0.2, -0.15) is 30.7 Å². The Morgan fingerprint density at radius 1 is 1.13 bits per heavy atom. The second kappa shape index (κ2) is 6.62. The van der Waals surface area contributed by atoms with Crippen molar-refractivity contribution in [2.75, 3.05) is 6.61 Å². The molecule has 0 aromatic heterocycles. The summed E-state index contributed by atoms with van der Waals surface area (Å²) < 4.78 is 107. The molecule has 0 spiro atoms. The van der Waals surface area contributed by atoms with E-state index in [0.29, 0.717) is 0 Å².